The lowest BCUT2D eigenvalue weighted by atomic mass is 9.97. The molecule has 1 atom stereocenters. The van der Waals surface area contributed by atoms with Crippen LogP contribution in [0.25, 0.3) is 0 Å². The highest BCUT2D eigenvalue weighted by Gasteiger charge is 2.20. The summed E-state index contributed by atoms with van der Waals surface area (Å²) in [5.74, 6) is 2.37. The number of hydrogen-bond acceptors (Lipinski definition) is 2. The van der Waals surface area contributed by atoms with Gasteiger partial charge in [0, 0.05) is 33.2 Å². The number of rotatable bonds is 6. The molecule has 2 N–H and O–H groups in total. The van der Waals surface area contributed by atoms with E-state index in [1.54, 1.807) is 0 Å². The summed E-state index contributed by atoms with van der Waals surface area (Å²) in [6.07, 6.45) is 4.48. The number of guanidine groups is 1. The maximum atomic E-state index is 4.21. The van der Waals surface area contributed by atoms with Gasteiger partial charge in [-0.05, 0) is 31.2 Å². The maximum absolute atomic E-state index is 4.21. The number of nitrogens with one attached hydrogen (secondary N) is 2. The van der Waals surface area contributed by atoms with Crippen LogP contribution in [-0.4, -0.2) is 50.6 Å². The summed E-state index contributed by atoms with van der Waals surface area (Å²) in [4.78, 5) is 6.81. The van der Waals surface area contributed by atoms with Crippen LogP contribution in [0.4, 0.5) is 0 Å². The fraction of sp³-hybridized carbons (Fsp3) is 0.800. The minimum atomic E-state index is 0.731. The summed E-state index contributed by atoms with van der Waals surface area (Å²) in [5.41, 5.74) is 0. The summed E-state index contributed by atoms with van der Waals surface area (Å²) in [6.45, 7) is 13.7. The SMILES string of the molecule is C=CCNC(=NC)NCC1CCCN(CC(C)C)C1. The van der Waals surface area contributed by atoms with Gasteiger partial charge in [-0.15, -0.1) is 6.58 Å². The molecule has 4 heteroatoms. The third kappa shape index (κ3) is 6.62. The molecule has 1 fully saturated rings. The van der Waals surface area contributed by atoms with Crippen molar-refractivity contribution in [2.24, 2.45) is 16.8 Å². The van der Waals surface area contributed by atoms with Crippen LogP contribution in [0.2, 0.25) is 0 Å². The molecule has 0 amide bonds. The number of piperidine rings is 1. The molecule has 4 nitrogen and oxygen atoms in total. The van der Waals surface area contributed by atoms with Crippen molar-refractivity contribution in [3.63, 3.8) is 0 Å². The lowest BCUT2D eigenvalue weighted by Gasteiger charge is -2.34. The van der Waals surface area contributed by atoms with Crippen LogP contribution in [0.1, 0.15) is 26.7 Å². The van der Waals surface area contributed by atoms with Crippen molar-refractivity contribution in [1.29, 1.82) is 0 Å². The van der Waals surface area contributed by atoms with Crippen molar-refractivity contribution in [3.05, 3.63) is 12.7 Å². The zero-order chi connectivity index (χ0) is 14.1. The number of hydrogen-bond donors (Lipinski definition) is 2. The van der Waals surface area contributed by atoms with Crippen molar-refractivity contribution in [3.8, 4) is 0 Å². The first kappa shape index (κ1) is 16.0. The molecule has 1 rings (SSSR count). The van der Waals surface area contributed by atoms with Crippen molar-refractivity contribution >= 4 is 5.96 Å². The average Bonchev–Trinajstić information content (AvgIpc) is 2.38. The van der Waals surface area contributed by atoms with E-state index in [9.17, 15) is 0 Å². The summed E-state index contributed by atoms with van der Waals surface area (Å²) in [7, 11) is 1.81. The molecule has 1 saturated heterocycles. The van der Waals surface area contributed by atoms with Crippen molar-refractivity contribution in [2.75, 3.05) is 39.8 Å². The maximum Gasteiger partial charge on any atom is 0.191 e. The summed E-state index contributed by atoms with van der Waals surface area (Å²) in [6, 6.07) is 0. The Morgan fingerprint density at radius 1 is 1.47 bits per heavy atom. The Bertz CT molecular complexity index is 286. The topological polar surface area (TPSA) is 39.7 Å². The summed E-state index contributed by atoms with van der Waals surface area (Å²) >= 11 is 0. The third-order valence-electron chi connectivity index (χ3n) is 3.42. The van der Waals surface area contributed by atoms with E-state index in [0.717, 1.165) is 30.9 Å². The Morgan fingerprint density at radius 2 is 2.26 bits per heavy atom. The zero-order valence-corrected chi connectivity index (χ0v) is 12.8. The quantitative estimate of drug-likeness (QED) is 0.437. The second-order valence-electron chi connectivity index (χ2n) is 5.78. The first-order chi connectivity index (χ1) is 9.15. The van der Waals surface area contributed by atoms with Crippen LogP contribution in [0, 0.1) is 11.8 Å². The van der Waals surface area contributed by atoms with Crippen LogP contribution in [0.3, 0.4) is 0 Å². The van der Waals surface area contributed by atoms with Crippen LogP contribution < -0.4 is 10.6 Å². The molecule has 1 aliphatic heterocycles. The van der Waals surface area contributed by atoms with Gasteiger partial charge in [0.1, 0.15) is 0 Å². The normalized spacial score (nSPS) is 21.5. The molecule has 19 heavy (non-hydrogen) atoms. The molecule has 1 aliphatic rings. The number of aliphatic imine (C=N–C) groups is 1. The third-order valence-corrected chi connectivity index (χ3v) is 3.42. The van der Waals surface area contributed by atoms with E-state index >= 15 is 0 Å². The standard InChI is InChI=1S/C15H30N4/c1-5-8-17-15(16-4)18-10-14-7-6-9-19(12-14)11-13(2)3/h5,13-14H,1,6-12H2,2-4H3,(H2,16,17,18). The van der Waals surface area contributed by atoms with Gasteiger partial charge >= 0.3 is 0 Å². The largest absolute Gasteiger partial charge is 0.356 e. The Morgan fingerprint density at radius 3 is 2.89 bits per heavy atom. The first-order valence-electron chi connectivity index (χ1n) is 7.43. The van der Waals surface area contributed by atoms with Gasteiger partial charge in [-0.3, -0.25) is 4.99 Å². The lowest BCUT2D eigenvalue weighted by Crippen LogP contribution is -2.45. The molecule has 110 valence electrons. The van der Waals surface area contributed by atoms with Gasteiger partial charge in [-0.25, -0.2) is 0 Å². The van der Waals surface area contributed by atoms with Gasteiger partial charge in [0.2, 0.25) is 0 Å². The zero-order valence-electron chi connectivity index (χ0n) is 12.8. The monoisotopic (exact) mass is 266 g/mol. The summed E-state index contributed by atoms with van der Waals surface area (Å²) < 4.78 is 0. The van der Waals surface area contributed by atoms with Gasteiger partial charge in [0.05, 0.1) is 0 Å². The van der Waals surface area contributed by atoms with Crippen LogP contribution in [0.5, 0.6) is 0 Å². The van der Waals surface area contributed by atoms with E-state index in [1.165, 1.54) is 32.5 Å². The Balaban J connectivity index is 2.29. The predicted molar refractivity (Wildman–Crippen MR) is 83.6 cm³/mol. The van der Waals surface area contributed by atoms with Crippen molar-refractivity contribution in [2.45, 2.75) is 26.7 Å². The molecule has 0 spiro atoms. The molecule has 0 bridgehead atoms. The van der Waals surface area contributed by atoms with Gasteiger partial charge in [0.15, 0.2) is 5.96 Å². The minimum Gasteiger partial charge on any atom is -0.356 e. The van der Waals surface area contributed by atoms with E-state index in [1.807, 2.05) is 13.1 Å². The van der Waals surface area contributed by atoms with Gasteiger partial charge in [0.25, 0.3) is 0 Å². The molecule has 1 unspecified atom stereocenters. The highest BCUT2D eigenvalue weighted by Crippen LogP contribution is 2.16. The average molecular weight is 266 g/mol. The van der Waals surface area contributed by atoms with Crippen molar-refractivity contribution < 1.29 is 0 Å². The molecule has 0 saturated carbocycles. The second kappa shape index (κ2) is 8.97. The van der Waals surface area contributed by atoms with Crippen LogP contribution >= 0.6 is 0 Å². The van der Waals surface area contributed by atoms with E-state index in [-0.39, 0.29) is 0 Å². The van der Waals surface area contributed by atoms with Gasteiger partial charge in [-0.1, -0.05) is 19.9 Å². The number of likely N-dealkylation sites (tertiary alicyclic amines) is 1. The second-order valence-corrected chi connectivity index (χ2v) is 5.78. The van der Waals surface area contributed by atoms with Crippen LogP contribution in [0.15, 0.2) is 17.6 Å². The van der Waals surface area contributed by atoms with E-state index in [4.69, 9.17) is 0 Å². The molecule has 0 aliphatic carbocycles. The molecule has 0 aromatic carbocycles. The van der Waals surface area contributed by atoms with Crippen LogP contribution in [-0.2, 0) is 0 Å². The Hall–Kier alpha value is -1.03. The molecule has 0 aromatic rings. The smallest absolute Gasteiger partial charge is 0.191 e. The number of nitrogens with zero attached hydrogens (tertiary/aromatic N) is 2. The molecule has 1 heterocycles. The highest BCUT2D eigenvalue weighted by atomic mass is 15.2. The Labute approximate surface area is 118 Å². The minimum absolute atomic E-state index is 0.731. The van der Waals surface area contributed by atoms with Gasteiger partial charge in [-0.2, -0.15) is 0 Å². The van der Waals surface area contributed by atoms with Crippen molar-refractivity contribution in [1.82, 2.24) is 15.5 Å². The van der Waals surface area contributed by atoms with E-state index < -0.39 is 0 Å². The Kier molecular flexibility index (Phi) is 7.56. The predicted octanol–water partition coefficient (Wildman–Crippen LogP) is 1.71. The summed E-state index contributed by atoms with van der Waals surface area (Å²) in [5, 5.41) is 6.62. The fourth-order valence-electron chi connectivity index (χ4n) is 2.63. The molecule has 0 aromatic heterocycles. The van der Waals surface area contributed by atoms with E-state index in [2.05, 4.69) is 41.0 Å². The van der Waals surface area contributed by atoms with E-state index in [0.29, 0.717) is 0 Å². The fourth-order valence-corrected chi connectivity index (χ4v) is 2.63. The molecular weight excluding hydrogens is 236 g/mol. The lowest BCUT2D eigenvalue weighted by molar-refractivity contribution is 0.159. The molecular formula is C15H30N4. The first-order valence-corrected chi connectivity index (χ1v) is 7.43. The molecule has 0 radical (unpaired) electrons. The van der Waals surface area contributed by atoms with Gasteiger partial charge < -0.3 is 15.5 Å². The highest BCUT2D eigenvalue weighted by molar-refractivity contribution is 5.79.